The fraction of sp³-hybridized carbons (Fsp3) is 0.176. The molecule has 120 valence electrons. The highest BCUT2D eigenvalue weighted by Crippen LogP contribution is 2.21. The van der Waals surface area contributed by atoms with Crippen molar-refractivity contribution in [3.8, 4) is 0 Å². The molecule has 1 N–H and O–H groups in total. The number of thioether (sulfide) groups is 1. The van der Waals surface area contributed by atoms with Gasteiger partial charge in [0.1, 0.15) is 0 Å². The summed E-state index contributed by atoms with van der Waals surface area (Å²) in [5, 5.41) is 2.72. The van der Waals surface area contributed by atoms with Gasteiger partial charge in [-0.15, -0.1) is 11.8 Å². The molecule has 4 nitrogen and oxygen atoms in total. The van der Waals surface area contributed by atoms with Crippen molar-refractivity contribution in [2.45, 2.75) is 17.9 Å². The van der Waals surface area contributed by atoms with Gasteiger partial charge in [-0.2, -0.15) is 0 Å². The second-order valence-corrected chi connectivity index (χ2v) is 6.51. The highest BCUT2D eigenvalue weighted by molar-refractivity contribution is 9.10. The Kier molecular flexibility index (Phi) is 6.24. The molecule has 0 heterocycles. The van der Waals surface area contributed by atoms with Crippen LogP contribution < -0.4 is 5.32 Å². The van der Waals surface area contributed by atoms with Gasteiger partial charge in [0, 0.05) is 15.1 Å². The van der Waals surface area contributed by atoms with Crippen LogP contribution in [-0.2, 0) is 9.53 Å². The van der Waals surface area contributed by atoms with E-state index in [2.05, 4.69) is 21.2 Å². The Morgan fingerprint density at radius 3 is 2.61 bits per heavy atom. The van der Waals surface area contributed by atoms with Crippen molar-refractivity contribution in [1.82, 2.24) is 0 Å². The number of esters is 1. The van der Waals surface area contributed by atoms with E-state index in [1.54, 1.807) is 31.2 Å². The molecule has 2 aromatic carbocycles. The van der Waals surface area contributed by atoms with E-state index in [1.807, 2.05) is 30.5 Å². The van der Waals surface area contributed by atoms with Crippen LogP contribution in [0.25, 0.3) is 0 Å². The molecule has 0 saturated carbocycles. The zero-order valence-corrected chi connectivity index (χ0v) is 15.1. The quantitative estimate of drug-likeness (QED) is 0.605. The van der Waals surface area contributed by atoms with E-state index in [-0.39, 0.29) is 5.91 Å². The molecule has 0 fully saturated rings. The third-order valence-corrected chi connectivity index (χ3v) is 4.36. The molecule has 1 atom stereocenters. The minimum absolute atomic E-state index is 0.377. The monoisotopic (exact) mass is 393 g/mol. The molecule has 0 bridgehead atoms. The lowest BCUT2D eigenvalue weighted by Crippen LogP contribution is -2.30. The van der Waals surface area contributed by atoms with Crippen LogP contribution in [0.4, 0.5) is 5.69 Å². The molecule has 0 radical (unpaired) electrons. The van der Waals surface area contributed by atoms with Crippen LogP contribution in [0.2, 0.25) is 0 Å². The molecule has 0 aliphatic carbocycles. The average molecular weight is 394 g/mol. The van der Waals surface area contributed by atoms with Gasteiger partial charge in [0.15, 0.2) is 6.10 Å². The maximum absolute atomic E-state index is 12.2. The molecule has 0 unspecified atom stereocenters. The van der Waals surface area contributed by atoms with Gasteiger partial charge in [-0.1, -0.05) is 34.1 Å². The summed E-state index contributed by atoms with van der Waals surface area (Å²) in [5.74, 6) is -0.884. The molecule has 0 spiro atoms. The Labute approximate surface area is 147 Å². The first kappa shape index (κ1) is 17.6. The van der Waals surface area contributed by atoms with Gasteiger partial charge in [0.2, 0.25) is 0 Å². The van der Waals surface area contributed by atoms with Crippen molar-refractivity contribution < 1.29 is 14.3 Å². The van der Waals surface area contributed by atoms with Crippen LogP contribution in [0.5, 0.6) is 0 Å². The number of nitrogens with one attached hydrogen (secondary N) is 1. The van der Waals surface area contributed by atoms with Crippen LogP contribution in [0, 0.1) is 0 Å². The summed E-state index contributed by atoms with van der Waals surface area (Å²) < 4.78 is 6.12. The van der Waals surface area contributed by atoms with Crippen molar-refractivity contribution >= 4 is 45.3 Å². The van der Waals surface area contributed by atoms with Crippen LogP contribution >= 0.6 is 27.7 Å². The van der Waals surface area contributed by atoms with Crippen LogP contribution in [-0.4, -0.2) is 24.2 Å². The number of hydrogen-bond acceptors (Lipinski definition) is 4. The maximum Gasteiger partial charge on any atom is 0.340 e. The fourth-order valence-electron chi connectivity index (χ4n) is 1.90. The molecule has 2 aromatic rings. The first-order valence-electron chi connectivity index (χ1n) is 6.91. The van der Waals surface area contributed by atoms with E-state index in [4.69, 9.17) is 4.74 Å². The molecular formula is C17H16BrNO3S. The first-order valence-corrected chi connectivity index (χ1v) is 8.93. The third kappa shape index (κ3) is 4.84. The summed E-state index contributed by atoms with van der Waals surface area (Å²) >= 11 is 4.79. The van der Waals surface area contributed by atoms with Crippen LogP contribution in [0.3, 0.4) is 0 Å². The average Bonchev–Trinajstić information content (AvgIpc) is 2.54. The Bertz CT molecular complexity index is 720. The smallest absolute Gasteiger partial charge is 0.340 e. The van der Waals surface area contributed by atoms with Gasteiger partial charge in [-0.25, -0.2) is 4.79 Å². The summed E-state index contributed by atoms with van der Waals surface area (Å²) in [5.41, 5.74) is 1.10. The highest BCUT2D eigenvalue weighted by atomic mass is 79.9. The number of carbonyl (C=O) groups is 2. The summed E-state index contributed by atoms with van der Waals surface area (Å²) in [7, 11) is 0. The molecule has 6 heteroatoms. The number of halogens is 1. The van der Waals surface area contributed by atoms with Crippen LogP contribution in [0.1, 0.15) is 17.3 Å². The highest BCUT2D eigenvalue weighted by Gasteiger charge is 2.20. The Morgan fingerprint density at radius 1 is 1.17 bits per heavy atom. The Hall–Kier alpha value is -1.79. The van der Waals surface area contributed by atoms with E-state index >= 15 is 0 Å². The number of rotatable bonds is 5. The molecule has 0 saturated heterocycles. The minimum Gasteiger partial charge on any atom is -0.449 e. The van der Waals surface area contributed by atoms with Crippen LogP contribution in [0.15, 0.2) is 57.9 Å². The molecule has 1 amide bonds. The molecule has 0 aromatic heterocycles. The number of anilines is 1. The lowest BCUT2D eigenvalue weighted by molar-refractivity contribution is -0.123. The van der Waals surface area contributed by atoms with Gasteiger partial charge in [0.25, 0.3) is 5.91 Å². The van der Waals surface area contributed by atoms with Gasteiger partial charge >= 0.3 is 5.97 Å². The largest absolute Gasteiger partial charge is 0.449 e. The maximum atomic E-state index is 12.2. The summed E-state index contributed by atoms with van der Waals surface area (Å²) in [6.07, 6.45) is 0.992. The number of ether oxygens (including phenoxy) is 1. The van der Waals surface area contributed by atoms with Crippen molar-refractivity contribution in [1.29, 1.82) is 0 Å². The summed E-state index contributed by atoms with van der Waals surface area (Å²) in [6.45, 7) is 1.55. The fourth-order valence-corrected chi connectivity index (χ4v) is 2.89. The molecule has 23 heavy (non-hydrogen) atoms. The predicted octanol–water partition coefficient (Wildman–Crippen LogP) is 4.36. The Balaban J connectivity index is 2.01. The third-order valence-electron chi connectivity index (χ3n) is 3.07. The van der Waals surface area contributed by atoms with E-state index in [0.29, 0.717) is 11.3 Å². The van der Waals surface area contributed by atoms with E-state index < -0.39 is 12.1 Å². The zero-order valence-electron chi connectivity index (χ0n) is 12.7. The first-order chi connectivity index (χ1) is 11.0. The molecule has 2 rings (SSSR count). The second kappa shape index (κ2) is 8.17. The summed E-state index contributed by atoms with van der Waals surface area (Å²) in [6, 6.07) is 14.4. The van der Waals surface area contributed by atoms with Crippen molar-refractivity contribution in [3.63, 3.8) is 0 Å². The van der Waals surface area contributed by atoms with E-state index in [0.717, 1.165) is 9.37 Å². The van der Waals surface area contributed by atoms with E-state index in [9.17, 15) is 9.59 Å². The summed E-state index contributed by atoms with van der Waals surface area (Å²) in [4.78, 5) is 25.2. The standard InChI is InChI=1S/C17H16BrNO3S/c1-11(16(20)19-13-7-5-6-12(18)10-13)22-17(21)14-8-3-4-9-15(14)23-2/h3-11H,1-2H3,(H,19,20)/t11-/m0/s1. The lowest BCUT2D eigenvalue weighted by Gasteiger charge is -2.14. The van der Waals surface area contributed by atoms with Crippen molar-refractivity contribution in [3.05, 3.63) is 58.6 Å². The zero-order chi connectivity index (χ0) is 16.8. The molecule has 0 aliphatic rings. The minimum atomic E-state index is -0.892. The van der Waals surface area contributed by atoms with Gasteiger partial charge < -0.3 is 10.1 Å². The number of carbonyl (C=O) groups excluding carboxylic acids is 2. The Morgan fingerprint density at radius 2 is 1.91 bits per heavy atom. The van der Waals surface area contributed by atoms with Gasteiger partial charge in [0.05, 0.1) is 5.56 Å². The van der Waals surface area contributed by atoms with E-state index in [1.165, 1.54) is 11.8 Å². The SMILES string of the molecule is CSc1ccccc1C(=O)O[C@@H](C)C(=O)Nc1cccc(Br)c1. The topological polar surface area (TPSA) is 55.4 Å². The van der Waals surface area contributed by atoms with Gasteiger partial charge in [-0.3, -0.25) is 4.79 Å². The van der Waals surface area contributed by atoms with Crippen molar-refractivity contribution in [2.75, 3.05) is 11.6 Å². The van der Waals surface area contributed by atoms with Gasteiger partial charge in [-0.05, 0) is 43.5 Å². The predicted molar refractivity (Wildman–Crippen MR) is 95.9 cm³/mol. The lowest BCUT2D eigenvalue weighted by atomic mass is 10.2. The molecular weight excluding hydrogens is 378 g/mol. The number of benzene rings is 2. The van der Waals surface area contributed by atoms with Crippen molar-refractivity contribution in [2.24, 2.45) is 0 Å². The number of amides is 1. The molecule has 0 aliphatic heterocycles. The normalized spacial score (nSPS) is 11.6. The number of hydrogen-bond donors (Lipinski definition) is 1. The second-order valence-electron chi connectivity index (χ2n) is 4.75.